The lowest BCUT2D eigenvalue weighted by molar-refractivity contribution is -0.126. The number of rotatable bonds is 4. The summed E-state index contributed by atoms with van der Waals surface area (Å²) in [5.41, 5.74) is 7.22. The SMILES string of the molecule is CCC(N)CN1C(=O)C(c2ccccc2)Oc2ccc(F)cc21. The molecule has 5 heteroatoms. The monoisotopic (exact) mass is 314 g/mol. The quantitative estimate of drug-likeness (QED) is 0.944. The predicted octanol–water partition coefficient (Wildman–Crippen LogP) is 3.03. The van der Waals surface area contributed by atoms with E-state index in [0.29, 0.717) is 18.0 Å². The summed E-state index contributed by atoms with van der Waals surface area (Å²) in [5, 5.41) is 0. The van der Waals surface area contributed by atoms with Gasteiger partial charge in [0.05, 0.1) is 5.69 Å². The molecule has 0 spiro atoms. The molecule has 2 aromatic rings. The van der Waals surface area contributed by atoms with E-state index in [1.807, 2.05) is 37.3 Å². The molecule has 3 rings (SSSR count). The number of nitrogens with zero attached hydrogens (tertiary/aromatic N) is 1. The number of anilines is 1. The first-order valence-corrected chi connectivity index (χ1v) is 7.68. The van der Waals surface area contributed by atoms with Gasteiger partial charge in [-0.3, -0.25) is 4.79 Å². The molecule has 0 aliphatic carbocycles. The Bertz CT molecular complexity index is 705. The number of carbonyl (C=O) groups excluding carboxylic acids is 1. The molecule has 0 saturated carbocycles. The number of amides is 1. The summed E-state index contributed by atoms with van der Waals surface area (Å²) in [5.74, 6) is -0.144. The van der Waals surface area contributed by atoms with Crippen LogP contribution in [0.25, 0.3) is 0 Å². The average Bonchev–Trinajstić information content (AvgIpc) is 2.58. The van der Waals surface area contributed by atoms with E-state index >= 15 is 0 Å². The fourth-order valence-corrected chi connectivity index (χ4v) is 2.63. The van der Waals surface area contributed by atoms with Crippen LogP contribution in [0.4, 0.5) is 10.1 Å². The molecule has 1 aliphatic rings. The fraction of sp³-hybridized carbons (Fsp3) is 0.278. The van der Waals surface area contributed by atoms with Crippen LogP contribution in [0, 0.1) is 5.82 Å². The number of carbonyl (C=O) groups is 1. The number of hydrogen-bond acceptors (Lipinski definition) is 3. The molecule has 120 valence electrons. The van der Waals surface area contributed by atoms with Crippen LogP contribution in [-0.4, -0.2) is 18.5 Å². The van der Waals surface area contributed by atoms with Gasteiger partial charge in [0.15, 0.2) is 0 Å². The lowest BCUT2D eigenvalue weighted by Crippen LogP contribution is -2.46. The number of hydrogen-bond donors (Lipinski definition) is 1. The van der Waals surface area contributed by atoms with Crippen LogP contribution in [0.3, 0.4) is 0 Å². The third-order valence-electron chi connectivity index (χ3n) is 3.99. The van der Waals surface area contributed by atoms with Crippen LogP contribution in [-0.2, 0) is 4.79 Å². The van der Waals surface area contributed by atoms with Gasteiger partial charge >= 0.3 is 0 Å². The van der Waals surface area contributed by atoms with Gasteiger partial charge in [0.2, 0.25) is 6.10 Å². The Morgan fingerprint density at radius 2 is 2.00 bits per heavy atom. The van der Waals surface area contributed by atoms with Gasteiger partial charge in [-0.05, 0) is 18.6 Å². The van der Waals surface area contributed by atoms with Crippen LogP contribution >= 0.6 is 0 Å². The van der Waals surface area contributed by atoms with Gasteiger partial charge in [0, 0.05) is 24.2 Å². The highest BCUT2D eigenvalue weighted by atomic mass is 19.1. The average molecular weight is 314 g/mol. The molecule has 2 aromatic carbocycles. The van der Waals surface area contributed by atoms with E-state index in [4.69, 9.17) is 10.5 Å². The van der Waals surface area contributed by atoms with E-state index in [0.717, 1.165) is 12.0 Å². The lowest BCUT2D eigenvalue weighted by atomic mass is 10.0. The van der Waals surface area contributed by atoms with Gasteiger partial charge in [-0.1, -0.05) is 37.3 Å². The van der Waals surface area contributed by atoms with Crippen LogP contribution in [0.5, 0.6) is 5.75 Å². The molecule has 1 aliphatic heterocycles. The summed E-state index contributed by atoms with van der Waals surface area (Å²) < 4.78 is 19.4. The summed E-state index contributed by atoms with van der Waals surface area (Å²) in [7, 11) is 0. The van der Waals surface area contributed by atoms with E-state index in [1.54, 1.807) is 6.07 Å². The van der Waals surface area contributed by atoms with Crippen molar-refractivity contribution < 1.29 is 13.9 Å². The largest absolute Gasteiger partial charge is 0.474 e. The van der Waals surface area contributed by atoms with E-state index in [-0.39, 0.29) is 11.9 Å². The van der Waals surface area contributed by atoms with Gasteiger partial charge in [0.1, 0.15) is 11.6 Å². The molecular formula is C18H19FN2O2. The number of ether oxygens (including phenoxy) is 1. The zero-order valence-corrected chi connectivity index (χ0v) is 12.9. The molecule has 4 nitrogen and oxygen atoms in total. The highest BCUT2D eigenvalue weighted by molar-refractivity contribution is 6.00. The van der Waals surface area contributed by atoms with Crippen molar-refractivity contribution in [2.24, 2.45) is 5.73 Å². The number of halogens is 1. The third kappa shape index (κ3) is 3.05. The zero-order valence-electron chi connectivity index (χ0n) is 12.9. The minimum atomic E-state index is -0.738. The summed E-state index contributed by atoms with van der Waals surface area (Å²) in [6.07, 6.45) is -0.0103. The zero-order chi connectivity index (χ0) is 16.4. The fourth-order valence-electron chi connectivity index (χ4n) is 2.63. The van der Waals surface area contributed by atoms with Gasteiger partial charge in [-0.2, -0.15) is 0 Å². The highest BCUT2D eigenvalue weighted by Crippen LogP contribution is 2.39. The molecule has 0 bridgehead atoms. The number of benzene rings is 2. The minimum absolute atomic E-state index is 0.176. The minimum Gasteiger partial charge on any atom is -0.474 e. The predicted molar refractivity (Wildman–Crippen MR) is 86.8 cm³/mol. The second-order valence-electron chi connectivity index (χ2n) is 5.64. The van der Waals surface area contributed by atoms with Crippen LogP contribution in [0.1, 0.15) is 25.0 Å². The standard InChI is InChI=1S/C18H19FN2O2/c1-2-14(20)11-21-15-10-13(19)8-9-16(15)23-17(18(21)22)12-6-4-3-5-7-12/h3-10,14,17H,2,11,20H2,1H3. The second kappa shape index (κ2) is 6.38. The van der Waals surface area contributed by atoms with Crippen molar-refractivity contribution in [2.45, 2.75) is 25.5 Å². The number of nitrogens with two attached hydrogens (primary N) is 1. The number of fused-ring (bicyclic) bond motifs is 1. The molecule has 1 amide bonds. The van der Waals surface area contributed by atoms with Crippen molar-refractivity contribution >= 4 is 11.6 Å². The van der Waals surface area contributed by atoms with Crippen molar-refractivity contribution in [3.8, 4) is 5.75 Å². The molecule has 2 unspecified atom stereocenters. The molecule has 1 heterocycles. The summed E-state index contributed by atoms with van der Waals surface area (Å²) in [4.78, 5) is 14.4. The first kappa shape index (κ1) is 15.5. The van der Waals surface area contributed by atoms with Gasteiger partial charge < -0.3 is 15.4 Å². The Morgan fingerprint density at radius 1 is 1.26 bits per heavy atom. The topological polar surface area (TPSA) is 55.6 Å². The molecule has 23 heavy (non-hydrogen) atoms. The van der Waals surface area contributed by atoms with Crippen molar-refractivity contribution in [3.05, 3.63) is 59.9 Å². The van der Waals surface area contributed by atoms with E-state index in [9.17, 15) is 9.18 Å². The Hall–Kier alpha value is -2.40. The van der Waals surface area contributed by atoms with Gasteiger partial charge in [-0.15, -0.1) is 0 Å². The van der Waals surface area contributed by atoms with Crippen molar-refractivity contribution in [3.63, 3.8) is 0 Å². The molecule has 0 saturated heterocycles. The maximum atomic E-state index is 13.6. The van der Waals surface area contributed by atoms with Crippen LogP contribution < -0.4 is 15.4 Å². The Kier molecular flexibility index (Phi) is 4.30. The smallest absolute Gasteiger partial charge is 0.272 e. The molecular weight excluding hydrogens is 295 g/mol. The molecule has 2 N–H and O–H groups in total. The first-order valence-electron chi connectivity index (χ1n) is 7.68. The van der Waals surface area contributed by atoms with E-state index in [1.165, 1.54) is 17.0 Å². The van der Waals surface area contributed by atoms with E-state index < -0.39 is 11.9 Å². The normalized spacial score (nSPS) is 18.3. The summed E-state index contributed by atoms with van der Waals surface area (Å²) >= 11 is 0. The van der Waals surface area contributed by atoms with Crippen molar-refractivity contribution in [2.75, 3.05) is 11.4 Å². The van der Waals surface area contributed by atoms with Crippen LogP contribution in [0.2, 0.25) is 0 Å². The summed E-state index contributed by atoms with van der Waals surface area (Å²) in [6, 6.07) is 13.3. The second-order valence-corrected chi connectivity index (χ2v) is 5.64. The van der Waals surface area contributed by atoms with Gasteiger partial charge in [-0.25, -0.2) is 4.39 Å². The molecule has 0 fully saturated rings. The van der Waals surface area contributed by atoms with Crippen LogP contribution in [0.15, 0.2) is 48.5 Å². The third-order valence-corrected chi connectivity index (χ3v) is 3.99. The first-order chi connectivity index (χ1) is 11.1. The Morgan fingerprint density at radius 3 is 2.70 bits per heavy atom. The maximum Gasteiger partial charge on any atom is 0.272 e. The lowest BCUT2D eigenvalue weighted by Gasteiger charge is -2.35. The Balaban J connectivity index is 2.02. The summed E-state index contributed by atoms with van der Waals surface area (Å²) in [6.45, 7) is 2.29. The molecule has 2 atom stereocenters. The van der Waals surface area contributed by atoms with Gasteiger partial charge in [0.25, 0.3) is 5.91 Å². The van der Waals surface area contributed by atoms with Crippen molar-refractivity contribution in [1.29, 1.82) is 0 Å². The highest BCUT2D eigenvalue weighted by Gasteiger charge is 2.36. The molecule has 0 radical (unpaired) electrons. The van der Waals surface area contributed by atoms with Crippen molar-refractivity contribution in [1.82, 2.24) is 0 Å². The van der Waals surface area contributed by atoms with E-state index in [2.05, 4.69) is 0 Å². The molecule has 0 aromatic heterocycles. The Labute approximate surface area is 134 Å². The maximum absolute atomic E-state index is 13.6.